The Hall–Kier alpha value is -0.680. The summed E-state index contributed by atoms with van der Waals surface area (Å²) in [6, 6.07) is 0.235. The maximum absolute atomic E-state index is 14.3. The first kappa shape index (κ1) is 20.6. The molecule has 5 heteroatoms. The van der Waals surface area contributed by atoms with Gasteiger partial charge in [0, 0.05) is 24.6 Å². The molecular formula is C23H39FN2O2. The molecule has 4 nitrogen and oxygen atoms in total. The molecule has 3 aliphatic carbocycles. The van der Waals surface area contributed by atoms with E-state index in [2.05, 4.69) is 17.6 Å². The first-order chi connectivity index (χ1) is 13.5. The van der Waals surface area contributed by atoms with Crippen molar-refractivity contribution < 1.29 is 14.3 Å². The number of fused-ring (bicyclic) bond motifs is 1. The van der Waals surface area contributed by atoms with Crippen LogP contribution in [0.2, 0.25) is 0 Å². The molecule has 0 bridgehead atoms. The van der Waals surface area contributed by atoms with E-state index in [4.69, 9.17) is 0 Å². The normalized spacial score (nSPS) is 46.8. The molecule has 1 heterocycles. The van der Waals surface area contributed by atoms with Gasteiger partial charge in [-0.15, -0.1) is 0 Å². The highest BCUT2D eigenvalue weighted by atomic mass is 19.1. The lowest BCUT2D eigenvalue weighted by atomic mass is 9.70. The minimum atomic E-state index is -0.750. The number of carbonyl (C=O) groups is 1. The topological polar surface area (TPSA) is 61.4 Å². The SMILES string of the molecule is CC1CCC(F)C2CC(C(=O)NC3CCCC(C4CCC(CO)CC4)C3)NC12. The van der Waals surface area contributed by atoms with Crippen molar-refractivity contribution in [2.24, 2.45) is 29.6 Å². The molecule has 0 spiro atoms. The molecule has 3 saturated carbocycles. The zero-order valence-corrected chi connectivity index (χ0v) is 17.4. The number of hydrogen-bond acceptors (Lipinski definition) is 3. The average molecular weight is 395 g/mol. The van der Waals surface area contributed by atoms with Gasteiger partial charge < -0.3 is 15.7 Å². The minimum absolute atomic E-state index is 0.0142. The van der Waals surface area contributed by atoms with Crippen molar-refractivity contribution in [2.45, 2.75) is 102 Å². The van der Waals surface area contributed by atoms with Crippen LogP contribution in [0.1, 0.15) is 77.6 Å². The standard InChI is InChI=1S/C23H39FN2O2/c1-14-5-10-20(24)19-12-21(26-22(14)19)23(28)25-18-4-2-3-17(11-18)16-8-6-15(13-27)7-9-16/h14-22,26-27H,2-13H2,1H3,(H,25,28). The molecule has 4 aliphatic rings. The fourth-order valence-electron chi connectivity index (χ4n) is 6.73. The molecule has 7 atom stereocenters. The van der Waals surface area contributed by atoms with E-state index in [1.807, 2.05) is 0 Å². The van der Waals surface area contributed by atoms with Gasteiger partial charge in [-0.1, -0.05) is 19.8 Å². The van der Waals surface area contributed by atoms with Crippen LogP contribution in [0.15, 0.2) is 0 Å². The van der Waals surface area contributed by atoms with Gasteiger partial charge in [0.05, 0.1) is 6.04 Å². The van der Waals surface area contributed by atoms with E-state index < -0.39 is 6.17 Å². The monoisotopic (exact) mass is 394 g/mol. The van der Waals surface area contributed by atoms with E-state index in [0.29, 0.717) is 37.2 Å². The number of carbonyl (C=O) groups excluding carboxylic acids is 1. The van der Waals surface area contributed by atoms with Crippen molar-refractivity contribution >= 4 is 5.91 Å². The lowest BCUT2D eigenvalue weighted by Crippen LogP contribution is -2.49. The van der Waals surface area contributed by atoms with Crippen LogP contribution in [0.4, 0.5) is 4.39 Å². The van der Waals surface area contributed by atoms with E-state index >= 15 is 0 Å². The second kappa shape index (κ2) is 8.99. The largest absolute Gasteiger partial charge is 0.396 e. The molecule has 7 unspecified atom stereocenters. The molecule has 1 amide bonds. The summed E-state index contributed by atoms with van der Waals surface area (Å²) in [5, 5.41) is 16.2. The Bertz CT molecular complexity index is 519. The Labute approximate surface area is 169 Å². The van der Waals surface area contributed by atoms with Gasteiger partial charge in [0.15, 0.2) is 0 Å². The van der Waals surface area contributed by atoms with Crippen molar-refractivity contribution in [3.8, 4) is 0 Å². The van der Waals surface area contributed by atoms with Gasteiger partial charge in [0.25, 0.3) is 0 Å². The van der Waals surface area contributed by atoms with Crippen LogP contribution >= 0.6 is 0 Å². The second-order valence-corrected chi connectivity index (χ2v) is 10.3. The Morgan fingerprint density at radius 3 is 2.54 bits per heavy atom. The van der Waals surface area contributed by atoms with Crippen LogP contribution in [0.5, 0.6) is 0 Å². The van der Waals surface area contributed by atoms with Gasteiger partial charge in [0.2, 0.25) is 5.91 Å². The first-order valence-corrected chi connectivity index (χ1v) is 11.9. The summed E-state index contributed by atoms with van der Waals surface area (Å²) < 4.78 is 14.3. The lowest BCUT2D eigenvalue weighted by Gasteiger charge is -2.38. The molecule has 4 rings (SSSR count). The number of aliphatic hydroxyl groups is 1. The van der Waals surface area contributed by atoms with Crippen LogP contribution in [0.25, 0.3) is 0 Å². The molecule has 1 aliphatic heterocycles. The van der Waals surface area contributed by atoms with Gasteiger partial charge in [-0.3, -0.25) is 4.79 Å². The van der Waals surface area contributed by atoms with Gasteiger partial charge in [-0.2, -0.15) is 0 Å². The predicted octanol–water partition coefficient (Wildman–Crippen LogP) is 3.57. The van der Waals surface area contributed by atoms with Gasteiger partial charge in [-0.05, 0) is 81.5 Å². The highest BCUT2D eigenvalue weighted by Gasteiger charge is 2.46. The fourth-order valence-corrected chi connectivity index (χ4v) is 6.73. The fraction of sp³-hybridized carbons (Fsp3) is 0.957. The van der Waals surface area contributed by atoms with Gasteiger partial charge in [0.1, 0.15) is 6.17 Å². The molecule has 4 fully saturated rings. The van der Waals surface area contributed by atoms with E-state index in [0.717, 1.165) is 38.0 Å². The number of rotatable bonds is 4. The molecule has 0 aromatic rings. The van der Waals surface area contributed by atoms with Crippen molar-refractivity contribution in [3.05, 3.63) is 0 Å². The molecule has 0 aromatic heterocycles. The van der Waals surface area contributed by atoms with Crippen molar-refractivity contribution in [1.29, 1.82) is 0 Å². The zero-order chi connectivity index (χ0) is 19.7. The number of amides is 1. The molecule has 28 heavy (non-hydrogen) atoms. The number of halogens is 1. The Morgan fingerprint density at radius 1 is 1.04 bits per heavy atom. The smallest absolute Gasteiger partial charge is 0.237 e. The van der Waals surface area contributed by atoms with Gasteiger partial charge >= 0.3 is 0 Å². The number of hydrogen-bond donors (Lipinski definition) is 3. The van der Waals surface area contributed by atoms with Gasteiger partial charge in [-0.25, -0.2) is 4.39 Å². The van der Waals surface area contributed by atoms with Crippen molar-refractivity contribution in [3.63, 3.8) is 0 Å². The van der Waals surface area contributed by atoms with Crippen LogP contribution in [0, 0.1) is 29.6 Å². The summed E-state index contributed by atoms with van der Waals surface area (Å²) in [4.78, 5) is 12.9. The second-order valence-electron chi connectivity index (χ2n) is 10.3. The average Bonchev–Trinajstić information content (AvgIpc) is 3.18. The Balaban J connectivity index is 1.28. The van der Waals surface area contributed by atoms with E-state index in [1.54, 1.807) is 0 Å². The number of nitrogens with one attached hydrogen (secondary N) is 2. The summed E-state index contributed by atoms with van der Waals surface area (Å²) in [6.45, 7) is 2.53. The third kappa shape index (κ3) is 4.40. The summed E-state index contributed by atoms with van der Waals surface area (Å²) in [5.41, 5.74) is 0. The van der Waals surface area contributed by atoms with E-state index in [1.165, 1.54) is 25.7 Å². The highest BCUT2D eigenvalue weighted by molar-refractivity contribution is 5.82. The third-order valence-corrected chi connectivity index (χ3v) is 8.53. The van der Waals surface area contributed by atoms with Crippen molar-refractivity contribution in [2.75, 3.05) is 6.61 Å². The Kier molecular flexibility index (Phi) is 6.61. The number of aliphatic hydroxyl groups excluding tert-OH is 1. The quantitative estimate of drug-likeness (QED) is 0.683. The third-order valence-electron chi connectivity index (χ3n) is 8.53. The zero-order valence-electron chi connectivity index (χ0n) is 17.4. The summed E-state index contributed by atoms with van der Waals surface area (Å²) in [6.07, 6.45) is 10.9. The molecular weight excluding hydrogens is 355 g/mol. The molecule has 0 aromatic carbocycles. The number of alkyl halides is 1. The Morgan fingerprint density at radius 2 is 1.82 bits per heavy atom. The molecule has 1 saturated heterocycles. The molecule has 160 valence electrons. The van der Waals surface area contributed by atoms with E-state index in [9.17, 15) is 14.3 Å². The highest BCUT2D eigenvalue weighted by Crippen LogP contribution is 2.41. The van der Waals surface area contributed by atoms with Crippen LogP contribution in [-0.4, -0.2) is 41.9 Å². The summed E-state index contributed by atoms with van der Waals surface area (Å²) >= 11 is 0. The summed E-state index contributed by atoms with van der Waals surface area (Å²) in [7, 11) is 0. The predicted molar refractivity (Wildman–Crippen MR) is 109 cm³/mol. The van der Waals surface area contributed by atoms with E-state index in [-0.39, 0.29) is 30.0 Å². The maximum atomic E-state index is 14.3. The summed E-state index contributed by atoms with van der Waals surface area (Å²) in [5.74, 6) is 2.57. The lowest BCUT2D eigenvalue weighted by molar-refractivity contribution is -0.124. The molecule has 3 N–H and O–H groups in total. The minimum Gasteiger partial charge on any atom is -0.396 e. The van der Waals surface area contributed by atoms with Crippen LogP contribution in [0.3, 0.4) is 0 Å². The first-order valence-electron chi connectivity index (χ1n) is 11.9. The van der Waals surface area contributed by atoms with Crippen molar-refractivity contribution in [1.82, 2.24) is 10.6 Å². The molecule has 0 radical (unpaired) electrons. The van der Waals surface area contributed by atoms with Crippen LogP contribution < -0.4 is 10.6 Å². The maximum Gasteiger partial charge on any atom is 0.237 e. The van der Waals surface area contributed by atoms with Crippen LogP contribution in [-0.2, 0) is 4.79 Å².